The summed E-state index contributed by atoms with van der Waals surface area (Å²) in [6.45, 7) is 8.94. The fraction of sp³-hybridized carbons (Fsp3) is 0.316. The van der Waals surface area contributed by atoms with Gasteiger partial charge in [0.2, 0.25) is 0 Å². The van der Waals surface area contributed by atoms with Crippen LogP contribution in [0.25, 0.3) is 0 Å². The lowest BCUT2D eigenvalue weighted by atomic mass is 9.69. The summed E-state index contributed by atoms with van der Waals surface area (Å²) in [4.78, 5) is 5.10. The zero-order valence-corrected chi connectivity index (χ0v) is 12.6. The molecule has 2 aromatic carbocycles. The Hall–Kier alpha value is -1.89. The molecule has 0 unspecified atom stereocenters. The van der Waals surface area contributed by atoms with Crippen LogP contribution in [0.15, 0.2) is 59.6 Å². The Morgan fingerprint density at radius 3 is 1.90 bits per heavy atom. The smallest absolute Gasteiger partial charge is 0.0807 e. The highest BCUT2D eigenvalue weighted by atomic mass is 14.9. The maximum Gasteiger partial charge on any atom is 0.0807 e. The number of nitrogens with zero attached hydrogens (tertiary/aromatic N) is 1. The highest BCUT2D eigenvalue weighted by Gasteiger charge is 2.39. The Morgan fingerprint density at radius 1 is 0.700 bits per heavy atom. The summed E-state index contributed by atoms with van der Waals surface area (Å²) in [5.74, 6) is 0. The van der Waals surface area contributed by atoms with Crippen LogP contribution in [0, 0.1) is 0 Å². The molecule has 1 aliphatic rings. The molecule has 0 radical (unpaired) electrons. The van der Waals surface area contributed by atoms with Crippen LogP contribution in [0.3, 0.4) is 0 Å². The summed E-state index contributed by atoms with van der Waals surface area (Å²) < 4.78 is 0. The topological polar surface area (TPSA) is 12.4 Å². The van der Waals surface area contributed by atoms with Crippen molar-refractivity contribution in [3.63, 3.8) is 0 Å². The SMILES string of the molecule is CC1(C)N=C(c2ccccc2)C(C)(C)c2ccccc21. The normalized spacial score (nSPS) is 19.1. The molecule has 3 rings (SSSR count). The molecular formula is C19H21N. The van der Waals surface area contributed by atoms with Crippen LogP contribution in [0.2, 0.25) is 0 Å². The van der Waals surface area contributed by atoms with Gasteiger partial charge in [0.05, 0.1) is 11.3 Å². The van der Waals surface area contributed by atoms with Crippen molar-refractivity contribution in [2.24, 2.45) is 4.99 Å². The molecule has 1 heterocycles. The van der Waals surface area contributed by atoms with Crippen LogP contribution < -0.4 is 0 Å². The second kappa shape index (κ2) is 4.31. The van der Waals surface area contributed by atoms with Gasteiger partial charge in [0.1, 0.15) is 0 Å². The zero-order valence-electron chi connectivity index (χ0n) is 12.6. The predicted octanol–water partition coefficient (Wildman–Crippen LogP) is 4.70. The molecule has 20 heavy (non-hydrogen) atoms. The van der Waals surface area contributed by atoms with Gasteiger partial charge in [-0.3, -0.25) is 4.99 Å². The number of hydrogen-bond donors (Lipinski definition) is 0. The molecule has 0 saturated carbocycles. The number of fused-ring (bicyclic) bond motifs is 1. The minimum atomic E-state index is -0.169. The molecule has 0 N–H and O–H groups in total. The molecule has 0 fully saturated rings. The largest absolute Gasteiger partial charge is 0.277 e. The predicted molar refractivity (Wildman–Crippen MR) is 85.5 cm³/mol. The third-order valence-electron chi connectivity index (χ3n) is 4.29. The van der Waals surface area contributed by atoms with Crippen molar-refractivity contribution in [2.45, 2.75) is 38.6 Å². The molecule has 2 aromatic rings. The third-order valence-corrected chi connectivity index (χ3v) is 4.29. The van der Waals surface area contributed by atoms with E-state index in [0.717, 1.165) is 0 Å². The lowest BCUT2D eigenvalue weighted by Crippen LogP contribution is -2.39. The van der Waals surface area contributed by atoms with Gasteiger partial charge in [0, 0.05) is 5.41 Å². The second-order valence-electron chi connectivity index (χ2n) is 6.56. The van der Waals surface area contributed by atoms with Crippen molar-refractivity contribution in [3.8, 4) is 0 Å². The van der Waals surface area contributed by atoms with E-state index in [1.54, 1.807) is 0 Å². The third kappa shape index (κ3) is 1.89. The van der Waals surface area contributed by atoms with Crippen LogP contribution in [-0.4, -0.2) is 5.71 Å². The van der Waals surface area contributed by atoms with Gasteiger partial charge in [0.25, 0.3) is 0 Å². The Bertz CT molecular complexity index is 663. The summed E-state index contributed by atoms with van der Waals surface area (Å²) in [6.07, 6.45) is 0. The molecule has 0 saturated heterocycles. The first-order valence-electron chi connectivity index (χ1n) is 7.19. The molecule has 0 bridgehead atoms. The maximum atomic E-state index is 5.10. The number of rotatable bonds is 1. The fourth-order valence-corrected chi connectivity index (χ4v) is 3.19. The van der Waals surface area contributed by atoms with Crippen LogP contribution in [0.4, 0.5) is 0 Å². The van der Waals surface area contributed by atoms with E-state index < -0.39 is 0 Å². The van der Waals surface area contributed by atoms with Gasteiger partial charge >= 0.3 is 0 Å². The minimum Gasteiger partial charge on any atom is -0.277 e. The van der Waals surface area contributed by atoms with Crippen LogP contribution in [0.5, 0.6) is 0 Å². The standard InChI is InChI=1S/C19H21N/c1-18(2)15-12-8-9-13-16(15)19(3,4)20-17(18)14-10-6-5-7-11-14/h5-13H,1-4H3. The highest BCUT2D eigenvalue weighted by Crippen LogP contribution is 2.42. The van der Waals surface area contributed by atoms with Crippen molar-refractivity contribution in [3.05, 3.63) is 71.3 Å². The molecule has 1 nitrogen and oxygen atoms in total. The van der Waals surface area contributed by atoms with Gasteiger partial charge < -0.3 is 0 Å². The van der Waals surface area contributed by atoms with Crippen molar-refractivity contribution >= 4 is 5.71 Å². The zero-order chi connectivity index (χ0) is 14.4. The van der Waals surface area contributed by atoms with Crippen molar-refractivity contribution in [2.75, 3.05) is 0 Å². The molecule has 0 aliphatic carbocycles. The highest BCUT2D eigenvalue weighted by molar-refractivity contribution is 6.08. The lowest BCUT2D eigenvalue weighted by Gasteiger charge is -2.40. The Labute approximate surface area is 121 Å². The minimum absolute atomic E-state index is 0.0620. The van der Waals surface area contributed by atoms with Crippen LogP contribution >= 0.6 is 0 Å². The van der Waals surface area contributed by atoms with Crippen molar-refractivity contribution in [1.29, 1.82) is 0 Å². The average Bonchev–Trinajstić information content (AvgIpc) is 2.45. The summed E-state index contributed by atoms with van der Waals surface area (Å²) >= 11 is 0. The Kier molecular flexibility index (Phi) is 2.82. The summed E-state index contributed by atoms with van der Waals surface area (Å²) in [6, 6.07) is 19.2. The summed E-state index contributed by atoms with van der Waals surface area (Å²) in [7, 11) is 0. The van der Waals surface area contributed by atoms with E-state index >= 15 is 0 Å². The van der Waals surface area contributed by atoms with E-state index in [2.05, 4.69) is 82.3 Å². The monoisotopic (exact) mass is 263 g/mol. The molecule has 0 spiro atoms. The first-order chi connectivity index (χ1) is 9.43. The molecule has 102 valence electrons. The molecular weight excluding hydrogens is 242 g/mol. The van der Waals surface area contributed by atoms with Gasteiger partial charge in [-0.15, -0.1) is 0 Å². The van der Waals surface area contributed by atoms with E-state index in [-0.39, 0.29) is 11.0 Å². The van der Waals surface area contributed by atoms with E-state index in [4.69, 9.17) is 4.99 Å². The summed E-state index contributed by atoms with van der Waals surface area (Å²) in [5.41, 5.74) is 4.90. The second-order valence-corrected chi connectivity index (χ2v) is 6.56. The molecule has 1 aliphatic heterocycles. The number of benzene rings is 2. The summed E-state index contributed by atoms with van der Waals surface area (Å²) in [5, 5.41) is 0. The van der Waals surface area contributed by atoms with Gasteiger partial charge in [0.15, 0.2) is 0 Å². The Morgan fingerprint density at radius 2 is 1.25 bits per heavy atom. The number of aliphatic imine (C=N–C) groups is 1. The van der Waals surface area contributed by atoms with E-state index in [1.807, 2.05) is 0 Å². The Balaban J connectivity index is 2.26. The van der Waals surface area contributed by atoms with Gasteiger partial charge in [-0.1, -0.05) is 68.4 Å². The van der Waals surface area contributed by atoms with Gasteiger partial charge in [-0.2, -0.15) is 0 Å². The van der Waals surface area contributed by atoms with Crippen LogP contribution in [-0.2, 0) is 11.0 Å². The molecule has 1 heteroatoms. The molecule has 0 amide bonds. The molecule has 0 aromatic heterocycles. The van der Waals surface area contributed by atoms with E-state index in [9.17, 15) is 0 Å². The van der Waals surface area contributed by atoms with Crippen LogP contribution in [0.1, 0.15) is 44.4 Å². The lowest BCUT2D eigenvalue weighted by molar-refractivity contribution is 0.507. The average molecular weight is 263 g/mol. The number of hydrogen-bond acceptors (Lipinski definition) is 1. The molecule has 0 atom stereocenters. The quantitative estimate of drug-likeness (QED) is 0.707. The fourth-order valence-electron chi connectivity index (χ4n) is 3.19. The van der Waals surface area contributed by atoms with E-state index in [0.29, 0.717) is 0 Å². The maximum absolute atomic E-state index is 5.10. The first-order valence-corrected chi connectivity index (χ1v) is 7.19. The van der Waals surface area contributed by atoms with Crippen molar-refractivity contribution in [1.82, 2.24) is 0 Å². The van der Waals surface area contributed by atoms with Gasteiger partial charge in [-0.05, 0) is 30.5 Å². The van der Waals surface area contributed by atoms with Gasteiger partial charge in [-0.25, -0.2) is 0 Å². The van der Waals surface area contributed by atoms with E-state index in [1.165, 1.54) is 22.4 Å². The van der Waals surface area contributed by atoms with Crippen molar-refractivity contribution < 1.29 is 0 Å². The first kappa shape index (κ1) is 13.1.